The summed E-state index contributed by atoms with van der Waals surface area (Å²) in [5.41, 5.74) is 7.62. The summed E-state index contributed by atoms with van der Waals surface area (Å²) in [5, 5.41) is 12.7. The molecule has 2 rings (SSSR count). The number of rotatable bonds is 4. The van der Waals surface area contributed by atoms with Crippen molar-refractivity contribution in [1.82, 2.24) is 0 Å². The summed E-state index contributed by atoms with van der Waals surface area (Å²) in [7, 11) is 0. The van der Waals surface area contributed by atoms with Crippen LogP contribution in [0.15, 0.2) is 54.6 Å². The summed E-state index contributed by atoms with van der Waals surface area (Å²) in [6.45, 7) is 0.331. The van der Waals surface area contributed by atoms with Crippen molar-refractivity contribution in [2.24, 2.45) is 5.73 Å². The number of benzene rings is 2. The fourth-order valence-corrected chi connectivity index (χ4v) is 1.81. The number of amides is 1. The monoisotopic (exact) mass is 256 g/mol. The van der Waals surface area contributed by atoms with Crippen molar-refractivity contribution < 1.29 is 9.90 Å². The highest BCUT2D eigenvalue weighted by Crippen LogP contribution is 2.18. The van der Waals surface area contributed by atoms with E-state index in [2.05, 4.69) is 5.32 Å². The minimum absolute atomic E-state index is 0.331. The first-order valence-corrected chi connectivity index (χ1v) is 6.04. The second-order valence-electron chi connectivity index (χ2n) is 4.16. The summed E-state index contributed by atoms with van der Waals surface area (Å²) in [5.74, 6) is -0.466. The predicted molar refractivity (Wildman–Crippen MR) is 74.4 cm³/mol. The van der Waals surface area contributed by atoms with E-state index in [-0.39, 0.29) is 0 Å². The van der Waals surface area contributed by atoms with E-state index in [4.69, 9.17) is 5.73 Å². The second-order valence-corrected chi connectivity index (χ2v) is 4.16. The largest absolute Gasteiger partial charge is 0.378 e. The Labute approximate surface area is 111 Å². The lowest BCUT2D eigenvalue weighted by atomic mass is 10.1. The van der Waals surface area contributed by atoms with Gasteiger partial charge >= 0.3 is 0 Å². The number of hydrogen-bond donors (Lipinski definition) is 3. The Morgan fingerprint density at radius 2 is 1.74 bits per heavy atom. The number of hydrogen-bond acceptors (Lipinski definition) is 3. The van der Waals surface area contributed by atoms with Gasteiger partial charge < -0.3 is 16.2 Å². The molecule has 1 unspecified atom stereocenters. The number of anilines is 1. The highest BCUT2D eigenvalue weighted by atomic mass is 16.3. The molecule has 0 fully saturated rings. The molecule has 0 bridgehead atoms. The molecule has 2 aromatic carbocycles. The number of aliphatic hydroxyl groups excluding tert-OH is 1. The first-order chi connectivity index (χ1) is 9.22. The van der Waals surface area contributed by atoms with E-state index in [1.165, 1.54) is 0 Å². The summed E-state index contributed by atoms with van der Waals surface area (Å²) in [6, 6.07) is 16.1. The van der Waals surface area contributed by atoms with Gasteiger partial charge in [-0.05, 0) is 17.2 Å². The Morgan fingerprint density at radius 3 is 2.42 bits per heavy atom. The molecule has 0 aliphatic heterocycles. The van der Waals surface area contributed by atoms with Crippen molar-refractivity contribution in [3.8, 4) is 0 Å². The molecule has 0 aliphatic rings. The fraction of sp³-hybridized carbons (Fsp3) is 0.133. The van der Waals surface area contributed by atoms with Crippen LogP contribution in [0.25, 0.3) is 0 Å². The van der Waals surface area contributed by atoms with Crippen molar-refractivity contribution >= 4 is 11.6 Å². The number of aliphatic hydroxyl groups is 1. The quantitative estimate of drug-likeness (QED) is 0.781. The van der Waals surface area contributed by atoms with E-state index in [0.29, 0.717) is 17.8 Å². The van der Waals surface area contributed by atoms with Gasteiger partial charge in [0.25, 0.3) is 5.91 Å². The molecule has 0 heterocycles. The van der Waals surface area contributed by atoms with Gasteiger partial charge in [0.2, 0.25) is 0 Å². The van der Waals surface area contributed by atoms with Crippen LogP contribution in [0.4, 0.5) is 5.69 Å². The molecule has 0 spiro atoms. The normalized spacial score (nSPS) is 11.9. The van der Waals surface area contributed by atoms with Crippen LogP contribution in [0.3, 0.4) is 0 Å². The van der Waals surface area contributed by atoms with Gasteiger partial charge in [-0.25, -0.2) is 0 Å². The molecular weight excluding hydrogens is 240 g/mol. The topological polar surface area (TPSA) is 75.3 Å². The van der Waals surface area contributed by atoms with Gasteiger partial charge in [0, 0.05) is 12.2 Å². The van der Waals surface area contributed by atoms with Gasteiger partial charge in [0.05, 0.1) is 0 Å². The van der Waals surface area contributed by atoms with E-state index in [1.807, 2.05) is 24.3 Å². The van der Waals surface area contributed by atoms with Crippen LogP contribution >= 0.6 is 0 Å². The Hall–Kier alpha value is -2.17. The van der Waals surface area contributed by atoms with Crippen molar-refractivity contribution in [1.29, 1.82) is 0 Å². The molecule has 0 aromatic heterocycles. The predicted octanol–water partition coefficient (Wildman–Crippen LogP) is 1.82. The molecule has 2 aromatic rings. The summed E-state index contributed by atoms with van der Waals surface area (Å²) >= 11 is 0. The van der Waals surface area contributed by atoms with E-state index in [1.54, 1.807) is 30.3 Å². The highest BCUT2D eigenvalue weighted by molar-refractivity contribution is 5.95. The van der Waals surface area contributed by atoms with Crippen LogP contribution in [0.2, 0.25) is 0 Å². The number of carbonyl (C=O) groups excluding carboxylic acids is 1. The molecule has 0 aliphatic carbocycles. The molecule has 1 atom stereocenters. The van der Waals surface area contributed by atoms with Crippen LogP contribution in [-0.4, -0.2) is 11.0 Å². The van der Waals surface area contributed by atoms with Crippen LogP contribution in [0.1, 0.15) is 17.2 Å². The lowest BCUT2D eigenvalue weighted by Gasteiger charge is -2.13. The van der Waals surface area contributed by atoms with Gasteiger partial charge in [-0.2, -0.15) is 0 Å². The van der Waals surface area contributed by atoms with Gasteiger partial charge in [-0.3, -0.25) is 4.79 Å². The third-order valence-corrected chi connectivity index (χ3v) is 2.86. The average molecular weight is 256 g/mol. The molecule has 4 nitrogen and oxygen atoms in total. The van der Waals surface area contributed by atoms with Crippen molar-refractivity contribution in [3.63, 3.8) is 0 Å². The maximum atomic E-state index is 12.0. The minimum Gasteiger partial charge on any atom is -0.378 e. The molecule has 98 valence electrons. The smallest absolute Gasteiger partial charge is 0.257 e. The lowest BCUT2D eigenvalue weighted by Crippen LogP contribution is -2.21. The molecule has 0 saturated heterocycles. The lowest BCUT2D eigenvalue weighted by molar-refractivity contribution is -0.124. The zero-order valence-electron chi connectivity index (χ0n) is 10.4. The van der Waals surface area contributed by atoms with Gasteiger partial charge in [-0.15, -0.1) is 0 Å². The number of carbonyl (C=O) groups is 1. The van der Waals surface area contributed by atoms with Gasteiger partial charge in [0.1, 0.15) is 0 Å². The Morgan fingerprint density at radius 1 is 1.11 bits per heavy atom. The third-order valence-electron chi connectivity index (χ3n) is 2.86. The van der Waals surface area contributed by atoms with E-state index in [0.717, 1.165) is 5.56 Å². The first kappa shape index (κ1) is 13.3. The van der Waals surface area contributed by atoms with Crippen LogP contribution in [0, 0.1) is 0 Å². The fourth-order valence-electron chi connectivity index (χ4n) is 1.81. The Bertz CT molecular complexity index is 555. The van der Waals surface area contributed by atoms with Gasteiger partial charge in [-0.1, -0.05) is 48.5 Å². The molecule has 4 N–H and O–H groups in total. The Kier molecular flexibility index (Phi) is 4.28. The molecular formula is C15H16N2O2. The molecule has 0 radical (unpaired) electrons. The van der Waals surface area contributed by atoms with Gasteiger partial charge in [0.15, 0.2) is 6.10 Å². The van der Waals surface area contributed by atoms with Crippen molar-refractivity contribution in [3.05, 3.63) is 65.7 Å². The second kappa shape index (κ2) is 6.13. The summed E-state index contributed by atoms with van der Waals surface area (Å²) in [6.07, 6.45) is -1.19. The molecule has 0 saturated carbocycles. The van der Waals surface area contributed by atoms with E-state index < -0.39 is 12.0 Å². The first-order valence-electron chi connectivity index (χ1n) is 6.04. The third kappa shape index (κ3) is 3.19. The van der Waals surface area contributed by atoms with Crippen molar-refractivity contribution in [2.45, 2.75) is 12.6 Å². The van der Waals surface area contributed by atoms with Crippen LogP contribution in [0.5, 0.6) is 0 Å². The molecule has 19 heavy (non-hydrogen) atoms. The van der Waals surface area contributed by atoms with Crippen molar-refractivity contribution in [2.75, 3.05) is 5.32 Å². The van der Waals surface area contributed by atoms with Crippen LogP contribution in [-0.2, 0) is 11.3 Å². The minimum atomic E-state index is -1.19. The number of nitrogens with two attached hydrogens (primary N) is 1. The number of para-hydroxylation sites is 1. The summed E-state index contributed by atoms with van der Waals surface area (Å²) in [4.78, 5) is 12.0. The SMILES string of the molecule is NCc1ccccc1NC(=O)C(O)c1ccccc1. The van der Waals surface area contributed by atoms with Crippen LogP contribution < -0.4 is 11.1 Å². The average Bonchev–Trinajstić information content (AvgIpc) is 2.48. The maximum Gasteiger partial charge on any atom is 0.257 e. The Balaban J connectivity index is 2.13. The van der Waals surface area contributed by atoms with E-state index in [9.17, 15) is 9.90 Å². The standard InChI is InChI=1S/C15H16N2O2/c16-10-12-8-4-5-9-13(12)17-15(19)14(18)11-6-2-1-3-7-11/h1-9,14,18H,10,16H2,(H,17,19). The van der Waals surface area contributed by atoms with E-state index >= 15 is 0 Å². The number of nitrogens with one attached hydrogen (secondary N) is 1. The maximum absolute atomic E-state index is 12.0. The summed E-state index contributed by atoms with van der Waals surface area (Å²) < 4.78 is 0. The zero-order chi connectivity index (χ0) is 13.7. The molecule has 1 amide bonds. The zero-order valence-corrected chi connectivity index (χ0v) is 10.4. The highest BCUT2D eigenvalue weighted by Gasteiger charge is 2.17. The molecule has 4 heteroatoms.